The van der Waals surface area contributed by atoms with Crippen molar-refractivity contribution in [1.82, 2.24) is 0 Å². The van der Waals surface area contributed by atoms with Crippen molar-refractivity contribution in [2.24, 2.45) is 0 Å². The maximum Gasteiger partial charge on any atom is 0.0477 e. The van der Waals surface area contributed by atoms with Crippen LogP contribution in [0.15, 0.2) is 18.2 Å². The molecule has 0 aliphatic rings. The molecule has 0 aliphatic heterocycles. The summed E-state index contributed by atoms with van der Waals surface area (Å²) in [4.78, 5) is 0. The summed E-state index contributed by atoms with van der Waals surface area (Å²) < 4.78 is 0. The number of halogens is 2. The molecule has 1 radical (unpaired) electrons. The van der Waals surface area contributed by atoms with Crippen LogP contribution in [0.3, 0.4) is 0 Å². The van der Waals surface area contributed by atoms with E-state index in [1.54, 1.807) is 0 Å². The van der Waals surface area contributed by atoms with E-state index in [0.717, 1.165) is 16.7 Å². The Bertz CT molecular complexity index is 243. The van der Waals surface area contributed by atoms with E-state index in [2.05, 4.69) is 6.92 Å². The standard InChI is InChI=1S/C9H9Cl2/c1-7-2-3-8(5-10)9(4-7)6-11/h2-4H,1,5-6H2. The minimum atomic E-state index is 0.505. The van der Waals surface area contributed by atoms with Gasteiger partial charge in [-0.25, -0.2) is 0 Å². The van der Waals surface area contributed by atoms with Crippen molar-refractivity contribution < 1.29 is 0 Å². The molecule has 0 atom stereocenters. The van der Waals surface area contributed by atoms with Gasteiger partial charge >= 0.3 is 0 Å². The van der Waals surface area contributed by atoms with Crippen LogP contribution in [0.25, 0.3) is 0 Å². The molecule has 0 unspecified atom stereocenters. The first-order valence-corrected chi connectivity index (χ1v) is 4.40. The lowest BCUT2D eigenvalue weighted by atomic mass is 10.1. The van der Waals surface area contributed by atoms with Crippen LogP contribution in [0, 0.1) is 6.92 Å². The number of hydrogen-bond acceptors (Lipinski definition) is 0. The van der Waals surface area contributed by atoms with Gasteiger partial charge in [0.15, 0.2) is 0 Å². The molecule has 1 aromatic carbocycles. The van der Waals surface area contributed by atoms with Crippen molar-refractivity contribution in [2.45, 2.75) is 11.8 Å². The van der Waals surface area contributed by atoms with Gasteiger partial charge < -0.3 is 0 Å². The fraction of sp³-hybridized carbons (Fsp3) is 0.222. The SMILES string of the molecule is [CH2]c1ccc(CCl)c(CCl)c1. The minimum absolute atomic E-state index is 0.505. The molecule has 0 aliphatic carbocycles. The van der Waals surface area contributed by atoms with Gasteiger partial charge in [-0.3, -0.25) is 0 Å². The van der Waals surface area contributed by atoms with Crippen molar-refractivity contribution in [2.75, 3.05) is 0 Å². The molecule has 2 heteroatoms. The van der Waals surface area contributed by atoms with Crippen LogP contribution >= 0.6 is 23.2 Å². The predicted octanol–water partition coefficient (Wildman–Crippen LogP) is 3.35. The highest BCUT2D eigenvalue weighted by atomic mass is 35.5. The quantitative estimate of drug-likeness (QED) is 0.624. The summed E-state index contributed by atoms with van der Waals surface area (Å²) >= 11 is 11.4. The average molecular weight is 188 g/mol. The Morgan fingerprint density at radius 3 is 2.27 bits per heavy atom. The predicted molar refractivity (Wildman–Crippen MR) is 50.0 cm³/mol. The number of hydrogen-bond donors (Lipinski definition) is 0. The summed E-state index contributed by atoms with van der Waals surface area (Å²) in [6, 6.07) is 5.87. The second-order valence-electron chi connectivity index (χ2n) is 2.37. The van der Waals surface area contributed by atoms with E-state index in [0.29, 0.717) is 11.8 Å². The lowest BCUT2D eigenvalue weighted by Gasteiger charge is -2.03. The van der Waals surface area contributed by atoms with Crippen molar-refractivity contribution in [1.29, 1.82) is 0 Å². The summed E-state index contributed by atoms with van der Waals surface area (Å²) in [5, 5.41) is 0. The molecule has 0 saturated carbocycles. The number of benzene rings is 1. The van der Waals surface area contributed by atoms with Crippen molar-refractivity contribution >= 4 is 23.2 Å². The minimum Gasteiger partial charge on any atom is -0.122 e. The van der Waals surface area contributed by atoms with Crippen LogP contribution in [0.2, 0.25) is 0 Å². The maximum absolute atomic E-state index is 5.70. The highest BCUT2D eigenvalue weighted by Crippen LogP contribution is 2.15. The van der Waals surface area contributed by atoms with E-state index >= 15 is 0 Å². The van der Waals surface area contributed by atoms with E-state index < -0.39 is 0 Å². The van der Waals surface area contributed by atoms with Crippen molar-refractivity contribution in [3.05, 3.63) is 41.8 Å². The first-order chi connectivity index (χ1) is 5.27. The van der Waals surface area contributed by atoms with Gasteiger partial charge in [0, 0.05) is 11.8 Å². The molecule has 1 rings (SSSR count). The van der Waals surface area contributed by atoms with Gasteiger partial charge in [-0.05, 0) is 23.6 Å². The van der Waals surface area contributed by atoms with Crippen LogP contribution < -0.4 is 0 Å². The Morgan fingerprint density at radius 1 is 1.09 bits per heavy atom. The van der Waals surface area contributed by atoms with E-state index in [1.807, 2.05) is 18.2 Å². The molecule has 0 N–H and O–H groups in total. The van der Waals surface area contributed by atoms with Crippen molar-refractivity contribution in [3.63, 3.8) is 0 Å². The molecule has 0 saturated heterocycles. The Labute approximate surface area is 77.1 Å². The highest BCUT2D eigenvalue weighted by molar-refractivity contribution is 6.18. The molecule has 0 fully saturated rings. The molecule has 11 heavy (non-hydrogen) atoms. The smallest absolute Gasteiger partial charge is 0.0477 e. The van der Waals surface area contributed by atoms with Crippen LogP contribution in [0.1, 0.15) is 16.7 Å². The molecule has 59 valence electrons. The van der Waals surface area contributed by atoms with E-state index in [9.17, 15) is 0 Å². The molecule has 0 amide bonds. The fourth-order valence-corrected chi connectivity index (χ4v) is 1.44. The third-order valence-corrected chi connectivity index (χ3v) is 2.13. The number of rotatable bonds is 2. The number of alkyl halides is 2. The summed E-state index contributed by atoms with van der Waals surface area (Å²) in [6.45, 7) is 3.80. The third kappa shape index (κ3) is 2.11. The fourth-order valence-electron chi connectivity index (χ4n) is 0.934. The van der Waals surface area contributed by atoms with Crippen LogP contribution in [0.5, 0.6) is 0 Å². The maximum atomic E-state index is 5.70. The molecular weight excluding hydrogens is 179 g/mol. The van der Waals surface area contributed by atoms with Gasteiger partial charge in [-0.2, -0.15) is 0 Å². The summed E-state index contributed by atoms with van der Waals surface area (Å²) in [6.07, 6.45) is 0. The Balaban J connectivity index is 3.06. The lowest BCUT2D eigenvalue weighted by Crippen LogP contribution is -1.88. The van der Waals surface area contributed by atoms with Gasteiger partial charge in [0.05, 0.1) is 0 Å². The second-order valence-corrected chi connectivity index (χ2v) is 2.90. The third-order valence-electron chi connectivity index (χ3n) is 1.56. The topological polar surface area (TPSA) is 0 Å². The molecule has 0 heterocycles. The zero-order valence-electron chi connectivity index (χ0n) is 6.11. The zero-order valence-corrected chi connectivity index (χ0v) is 7.62. The first kappa shape index (κ1) is 8.89. The van der Waals surface area contributed by atoms with E-state index in [4.69, 9.17) is 23.2 Å². The normalized spacial score (nSPS) is 10.1. The lowest BCUT2D eigenvalue weighted by molar-refractivity contribution is 1.26. The molecule has 0 bridgehead atoms. The Hall–Kier alpha value is -0.200. The average Bonchev–Trinajstić information content (AvgIpc) is 2.04. The van der Waals surface area contributed by atoms with E-state index in [1.165, 1.54) is 0 Å². The van der Waals surface area contributed by atoms with Crippen LogP contribution in [-0.4, -0.2) is 0 Å². The molecule has 0 spiro atoms. The first-order valence-electron chi connectivity index (χ1n) is 3.33. The molecular formula is C9H9Cl2. The van der Waals surface area contributed by atoms with Gasteiger partial charge in [0.25, 0.3) is 0 Å². The van der Waals surface area contributed by atoms with Gasteiger partial charge in [-0.15, -0.1) is 23.2 Å². The monoisotopic (exact) mass is 187 g/mol. The Kier molecular flexibility index (Phi) is 3.22. The Morgan fingerprint density at radius 2 is 1.73 bits per heavy atom. The van der Waals surface area contributed by atoms with Gasteiger partial charge in [-0.1, -0.05) is 18.2 Å². The van der Waals surface area contributed by atoms with Crippen LogP contribution in [-0.2, 0) is 11.8 Å². The summed E-state index contributed by atoms with van der Waals surface area (Å²) in [7, 11) is 0. The zero-order chi connectivity index (χ0) is 8.27. The van der Waals surface area contributed by atoms with Crippen LogP contribution in [0.4, 0.5) is 0 Å². The second kappa shape index (κ2) is 3.99. The van der Waals surface area contributed by atoms with E-state index in [-0.39, 0.29) is 0 Å². The largest absolute Gasteiger partial charge is 0.122 e. The van der Waals surface area contributed by atoms with Gasteiger partial charge in [0.2, 0.25) is 0 Å². The van der Waals surface area contributed by atoms with Crippen molar-refractivity contribution in [3.8, 4) is 0 Å². The highest BCUT2D eigenvalue weighted by Gasteiger charge is 1.99. The molecule has 1 aromatic rings. The molecule has 0 aromatic heterocycles. The summed E-state index contributed by atoms with van der Waals surface area (Å²) in [5.41, 5.74) is 3.15. The molecule has 0 nitrogen and oxygen atoms in total. The summed E-state index contributed by atoms with van der Waals surface area (Å²) in [5.74, 6) is 1.02. The van der Waals surface area contributed by atoms with Gasteiger partial charge in [0.1, 0.15) is 0 Å².